The monoisotopic (exact) mass is 399 g/mol. The largest absolute Gasteiger partial charge is 0.336 e. The van der Waals surface area contributed by atoms with Gasteiger partial charge in [0, 0.05) is 38.9 Å². The Morgan fingerprint density at radius 1 is 1.00 bits per heavy atom. The van der Waals surface area contributed by atoms with Crippen molar-refractivity contribution in [1.29, 1.82) is 0 Å². The minimum Gasteiger partial charge on any atom is -0.336 e. The van der Waals surface area contributed by atoms with Gasteiger partial charge in [-0.2, -0.15) is 0 Å². The lowest BCUT2D eigenvalue weighted by molar-refractivity contribution is 0.0628. The highest BCUT2D eigenvalue weighted by Crippen LogP contribution is 2.22. The summed E-state index contributed by atoms with van der Waals surface area (Å²) >= 11 is 11.8. The van der Waals surface area contributed by atoms with Gasteiger partial charge in [-0.25, -0.2) is 4.98 Å². The Bertz CT molecular complexity index is 979. The van der Waals surface area contributed by atoms with E-state index in [2.05, 4.69) is 52.3 Å². The van der Waals surface area contributed by atoms with Crippen LogP contribution in [0.2, 0.25) is 10.2 Å². The number of hydrogen-bond acceptors (Lipinski definition) is 3. The smallest absolute Gasteiger partial charge is 0.255 e. The van der Waals surface area contributed by atoms with Crippen LogP contribution in [0.1, 0.15) is 15.9 Å². The summed E-state index contributed by atoms with van der Waals surface area (Å²) in [5.41, 5.74) is 1.80. The molecule has 1 amide bonds. The fraction of sp³-hybridized carbons (Fsp3) is 0.238. The number of amides is 1. The highest BCUT2D eigenvalue weighted by molar-refractivity contribution is 6.41. The molecular weight excluding hydrogens is 381 g/mol. The molecule has 0 unspecified atom stereocenters. The van der Waals surface area contributed by atoms with E-state index in [0.717, 1.165) is 19.6 Å². The lowest BCUT2D eigenvalue weighted by Gasteiger charge is -2.35. The average molecular weight is 400 g/mol. The zero-order valence-electron chi connectivity index (χ0n) is 14.7. The molecule has 0 spiro atoms. The number of carbonyl (C=O) groups is 1. The van der Waals surface area contributed by atoms with Crippen LogP contribution < -0.4 is 0 Å². The van der Waals surface area contributed by atoms with Crippen molar-refractivity contribution in [3.05, 3.63) is 76.0 Å². The third kappa shape index (κ3) is 3.93. The first-order chi connectivity index (χ1) is 13.1. The molecule has 0 bridgehead atoms. The number of halogens is 2. The Morgan fingerprint density at radius 3 is 2.52 bits per heavy atom. The van der Waals surface area contributed by atoms with E-state index in [1.165, 1.54) is 22.5 Å². The van der Waals surface area contributed by atoms with E-state index in [4.69, 9.17) is 23.2 Å². The topological polar surface area (TPSA) is 36.4 Å². The molecule has 0 saturated carbocycles. The van der Waals surface area contributed by atoms with E-state index >= 15 is 0 Å². The van der Waals surface area contributed by atoms with Gasteiger partial charge in [0.25, 0.3) is 5.91 Å². The van der Waals surface area contributed by atoms with Gasteiger partial charge in [0.2, 0.25) is 0 Å². The zero-order valence-corrected chi connectivity index (χ0v) is 16.2. The van der Waals surface area contributed by atoms with Crippen LogP contribution in [0.4, 0.5) is 0 Å². The van der Waals surface area contributed by atoms with E-state index in [-0.39, 0.29) is 11.1 Å². The predicted octanol–water partition coefficient (Wildman–Crippen LogP) is 4.50. The second-order valence-corrected chi connectivity index (χ2v) is 7.47. The second-order valence-electron chi connectivity index (χ2n) is 6.70. The number of rotatable bonds is 3. The quantitative estimate of drug-likeness (QED) is 0.608. The molecule has 0 N–H and O–H groups in total. The lowest BCUT2D eigenvalue weighted by atomic mass is 10.0. The van der Waals surface area contributed by atoms with E-state index in [1.807, 2.05) is 4.90 Å². The molecule has 4 nitrogen and oxygen atoms in total. The molecule has 0 radical (unpaired) electrons. The number of fused-ring (bicyclic) bond motifs is 1. The molecule has 1 aliphatic heterocycles. The summed E-state index contributed by atoms with van der Waals surface area (Å²) in [5, 5.41) is 3.07. The molecular formula is C21H19Cl2N3O. The average Bonchev–Trinajstić information content (AvgIpc) is 2.70. The zero-order chi connectivity index (χ0) is 18.8. The molecule has 0 atom stereocenters. The van der Waals surface area contributed by atoms with Gasteiger partial charge in [0.05, 0.1) is 10.6 Å². The Labute approximate surface area is 168 Å². The maximum Gasteiger partial charge on any atom is 0.255 e. The summed E-state index contributed by atoms with van der Waals surface area (Å²) in [5.74, 6) is -0.0501. The Balaban J connectivity index is 1.41. The van der Waals surface area contributed by atoms with Crippen molar-refractivity contribution in [2.45, 2.75) is 6.54 Å². The van der Waals surface area contributed by atoms with E-state index in [9.17, 15) is 4.79 Å². The van der Waals surface area contributed by atoms with Crippen LogP contribution in [0.25, 0.3) is 10.8 Å². The molecule has 2 heterocycles. The first kappa shape index (κ1) is 18.2. The Kier molecular flexibility index (Phi) is 5.30. The van der Waals surface area contributed by atoms with Gasteiger partial charge in [-0.15, -0.1) is 0 Å². The van der Waals surface area contributed by atoms with Gasteiger partial charge in [-0.05, 0) is 22.4 Å². The third-order valence-electron chi connectivity index (χ3n) is 4.98. The Hall–Kier alpha value is -2.14. The normalized spacial score (nSPS) is 15.3. The van der Waals surface area contributed by atoms with Crippen molar-refractivity contribution in [1.82, 2.24) is 14.8 Å². The number of benzene rings is 2. The summed E-state index contributed by atoms with van der Waals surface area (Å²) in [6.45, 7) is 3.93. The summed E-state index contributed by atoms with van der Waals surface area (Å²) in [4.78, 5) is 20.9. The van der Waals surface area contributed by atoms with Crippen molar-refractivity contribution < 1.29 is 4.79 Å². The van der Waals surface area contributed by atoms with Crippen molar-refractivity contribution in [3.8, 4) is 0 Å². The van der Waals surface area contributed by atoms with Crippen LogP contribution in [0, 0.1) is 0 Å². The van der Waals surface area contributed by atoms with Crippen molar-refractivity contribution in [2.75, 3.05) is 26.2 Å². The number of nitrogens with zero attached hydrogens (tertiary/aromatic N) is 3. The van der Waals surface area contributed by atoms with Crippen LogP contribution >= 0.6 is 23.2 Å². The molecule has 1 aliphatic rings. The standard InChI is InChI=1S/C21H19Cl2N3O/c22-19-12-17(13-24-20(19)23)21(27)26-10-8-25(9-11-26)14-16-6-3-5-15-4-1-2-7-18(15)16/h1-7,12-13H,8-11,14H2. The van der Waals surface area contributed by atoms with Crippen LogP contribution in [-0.2, 0) is 6.54 Å². The van der Waals surface area contributed by atoms with Gasteiger partial charge in [-0.1, -0.05) is 65.7 Å². The summed E-state index contributed by atoms with van der Waals surface area (Å²) in [6, 6.07) is 16.5. The molecule has 2 aromatic carbocycles. The molecule has 1 aromatic heterocycles. The first-order valence-corrected chi connectivity index (χ1v) is 9.67. The molecule has 6 heteroatoms. The van der Waals surface area contributed by atoms with Crippen molar-refractivity contribution in [3.63, 3.8) is 0 Å². The second kappa shape index (κ2) is 7.85. The van der Waals surface area contributed by atoms with Crippen molar-refractivity contribution >= 4 is 39.9 Å². The van der Waals surface area contributed by atoms with E-state index < -0.39 is 0 Å². The predicted molar refractivity (Wildman–Crippen MR) is 109 cm³/mol. The third-order valence-corrected chi connectivity index (χ3v) is 5.66. The van der Waals surface area contributed by atoms with Crippen molar-refractivity contribution in [2.24, 2.45) is 0 Å². The van der Waals surface area contributed by atoms with Gasteiger partial charge in [0.15, 0.2) is 0 Å². The van der Waals surface area contributed by atoms with E-state index in [1.54, 1.807) is 6.07 Å². The minimum absolute atomic E-state index is 0.0501. The molecule has 3 aromatic rings. The highest BCUT2D eigenvalue weighted by atomic mass is 35.5. The molecule has 1 saturated heterocycles. The SMILES string of the molecule is O=C(c1cnc(Cl)c(Cl)c1)N1CCN(Cc2cccc3ccccc23)CC1. The maximum absolute atomic E-state index is 12.7. The molecule has 4 rings (SSSR count). The molecule has 1 fully saturated rings. The van der Waals surface area contributed by atoms with Crippen LogP contribution in [0.3, 0.4) is 0 Å². The molecule has 27 heavy (non-hydrogen) atoms. The first-order valence-electron chi connectivity index (χ1n) is 8.91. The van der Waals surface area contributed by atoms with Gasteiger partial charge in [-0.3, -0.25) is 9.69 Å². The van der Waals surface area contributed by atoms with Gasteiger partial charge in [0.1, 0.15) is 5.15 Å². The number of hydrogen-bond donors (Lipinski definition) is 0. The van der Waals surface area contributed by atoms with E-state index in [0.29, 0.717) is 23.7 Å². The highest BCUT2D eigenvalue weighted by Gasteiger charge is 2.23. The fourth-order valence-corrected chi connectivity index (χ4v) is 3.77. The summed E-state index contributed by atoms with van der Waals surface area (Å²) in [6.07, 6.45) is 1.49. The van der Waals surface area contributed by atoms with Crippen LogP contribution in [0.15, 0.2) is 54.7 Å². The molecule has 138 valence electrons. The van der Waals surface area contributed by atoms with Crippen LogP contribution in [-0.4, -0.2) is 46.9 Å². The number of carbonyl (C=O) groups excluding carboxylic acids is 1. The lowest BCUT2D eigenvalue weighted by Crippen LogP contribution is -2.48. The number of aromatic nitrogens is 1. The number of pyridine rings is 1. The summed E-state index contributed by atoms with van der Waals surface area (Å²) in [7, 11) is 0. The Morgan fingerprint density at radius 2 is 1.74 bits per heavy atom. The minimum atomic E-state index is -0.0501. The van der Waals surface area contributed by atoms with Gasteiger partial charge >= 0.3 is 0 Å². The molecule has 0 aliphatic carbocycles. The summed E-state index contributed by atoms with van der Waals surface area (Å²) < 4.78 is 0. The fourth-order valence-electron chi connectivity index (χ4n) is 3.50. The number of piperazine rings is 1. The van der Waals surface area contributed by atoms with Crippen LogP contribution in [0.5, 0.6) is 0 Å². The van der Waals surface area contributed by atoms with Gasteiger partial charge < -0.3 is 4.90 Å². The maximum atomic E-state index is 12.7.